The van der Waals surface area contributed by atoms with Gasteiger partial charge in [-0.3, -0.25) is 4.40 Å². The first kappa shape index (κ1) is 11.7. The van der Waals surface area contributed by atoms with E-state index in [2.05, 4.69) is 10.3 Å². The van der Waals surface area contributed by atoms with Crippen LogP contribution in [0.5, 0.6) is 0 Å². The van der Waals surface area contributed by atoms with Crippen LogP contribution in [0.1, 0.15) is 16.1 Å². The van der Waals surface area contributed by atoms with E-state index in [1.54, 1.807) is 34.1 Å². The maximum Gasteiger partial charge on any atom is 0.356 e. The number of anilines is 1. The summed E-state index contributed by atoms with van der Waals surface area (Å²) in [5.41, 5.74) is 1.89. The normalized spacial score (nSPS) is 10.7. The molecule has 3 heterocycles. The first-order valence-corrected chi connectivity index (χ1v) is 6.65. The molecule has 0 fully saturated rings. The fraction of sp³-hybridized carbons (Fsp3) is 0.0769. The van der Waals surface area contributed by atoms with Crippen molar-refractivity contribution in [3.8, 4) is 0 Å². The highest BCUT2D eigenvalue weighted by Gasteiger charge is 2.17. The molecule has 0 radical (unpaired) electrons. The van der Waals surface area contributed by atoms with Gasteiger partial charge in [-0.05, 0) is 34.5 Å². The Morgan fingerprint density at radius 1 is 1.42 bits per heavy atom. The number of aromatic nitrogens is 2. The summed E-state index contributed by atoms with van der Waals surface area (Å²) in [6, 6.07) is 7.39. The van der Waals surface area contributed by atoms with Crippen LogP contribution in [0, 0.1) is 0 Å². The summed E-state index contributed by atoms with van der Waals surface area (Å²) in [4.78, 5) is 15.7. The van der Waals surface area contributed by atoms with Crippen molar-refractivity contribution in [3.63, 3.8) is 0 Å². The van der Waals surface area contributed by atoms with E-state index in [1.807, 2.05) is 22.9 Å². The second-order valence-electron chi connectivity index (χ2n) is 4.03. The molecule has 0 aliphatic heterocycles. The number of pyridine rings is 1. The molecular formula is C13H11N3O2S. The van der Waals surface area contributed by atoms with Crippen LogP contribution in [0.2, 0.25) is 0 Å². The predicted octanol–water partition coefficient (Wildman–Crippen LogP) is 2.71. The Morgan fingerprint density at radius 3 is 3.05 bits per heavy atom. The summed E-state index contributed by atoms with van der Waals surface area (Å²) >= 11 is 1.61. The van der Waals surface area contributed by atoms with Gasteiger partial charge < -0.3 is 10.4 Å². The fourth-order valence-electron chi connectivity index (χ4n) is 1.90. The van der Waals surface area contributed by atoms with E-state index in [0.29, 0.717) is 18.0 Å². The lowest BCUT2D eigenvalue weighted by Gasteiger charge is -2.02. The standard InChI is InChI=1S/C13H11N3O2S/c17-13(18)11-12(14-7-9-4-6-19-8-9)15-10-3-1-2-5-16(10)11/h1-6,8,14H,7H2,(H,17,18). The summed E-state index contributed by atoms with van der Waals surface area (Å²) in [7, 11) is 0. The predicted molar refractivity (Wildman–Crippen MR) is 73.8 cm³/mol. The summed E-state index contributed by atoms with van der Waals surface area (Å²) in [6.07, 6.45) is 1.70. The highest BCUT2D eigenvalue weighted by molar-refractivity contribution is 7.07. The minimum atomic E-state index is -0.994. The zero-order valence-electron chi connectivity index (χ0n) is 9.91. The van der Waals surface area contributed by atoms with Crippen molar-refractivity contribution in [2.24, 2.45) is 0 Å². The number of nitrogens with one attached hydrogen (secondary N) is 1. The molecule has 0 atom stereocenters. The van der Waals surface area contributed by atoms with Gasteiger partial charge in [0.25, 0.3) is 0 Å². The summed E-state index contributed by atoms with van der Waals surface area (Å²) in [5, 5.41) is 16.4. The minimum Gasteiger partial charge on any atom is -0.476 e. The van der Waals surface area contributed by atoms with Gasteiger partial charge in [-0.15, -0.1) is 0 Å². The van der Waals surface area contributed by atoms with Crippen LogP contribution in [-0.2, 0) is 6.54 Å². The van der Waals surface area contributed by atoms with Crippen molar-refractivity contribution in [2.45, 2.75) is 6.54 Å². The Balaban J connectivity index is 1.98. The quantitative estimate of drug-likeness (QED) is 0.767. The van der Waals surface area contributed by atoms with E-state index in [4.69, 9.17) is 0 Å². The number of imidazole rings is 1. The van der Waals surface area contributed by atoms with Gasteiger partial charge in [0.2, 0.25) is 0 Å². The van der Waals surface area contributed by atoms with Crippen LogP contribution >= 0.6 is 11.3 Å². The van der Waals surface area contributed by atoms with Crippen molar-refractivity contribution >= 4 is 28.8 Å². The Morgan fingerprint density at radius 2 is 2.32 bits per heavy atom. The molecule has 3 aromatic rings. The Bertz CT molecular complexity index is 719. The van der Waals surface area contributed by atoms with Crippen LogP contribution in [0.15, 0.2) is 41.2 Å². The molecule has 96 valence electrons. The number of hydrogen-bond donors (Lipinski definition) is 2. The van der Waals surface area contributed by atoms with Crippen LogP contribution in [-0.4, -0.2) is 20.5 Å². The second kappa shape index (κ2) is 4.74. The number of carboxylic acid groups (broad SMARTS) is 1. The number of nitrogens with zero attached hydrogens (tertiary/aromatic N) is 2. The number of hydrogen-bond acceptors (Lipinski definition) is 4. The largest absolute Gasteiger partial charge is 0.476 e. The Labute approximate surface area is 113 Å². The van der Waals surface area contributed by atoms with Crippen molar-refractivity contribution in [2.75, 3.05) is 5.32 Å². The Kier molecular flexibility index (Phi) is 2.92. The van der Waals surface area contributed by atoms with Crippen molar-refractivity contribution in [3.05, 3.63) is 52.5 Å². The van der Waals surface area contributed by atoms with Crippen LogP contribution in [0.3, 0.4) is 0 Å². The van der Waals surface area contributed by atoms with E-state index in [9.17, 15) is 9.90 Å². The molecule has 0 unspecified atom stereocenters. The number of carbonyl (C=O) groups is 1. The molecule has 0 saturated carbocycles. The van der Waals surface area contributed by atoms with Gasteiger partial charge in [0.15, 0.2) is 11.5 Å². The molecule has 2 N–H and O–H groups in total. The first-order valence-electron chi connectivity index (χ1n) is 5.71. The van der Waals surface area contributed by atoms with E-state index < -0.39 is 5.97 Å². The number of fused-ring (bicyclic) bond motifs is 1. The van der Waals surface area contributed by atoms with Gasteiger partial charge >= 0.3 is 5.97 Å². The molecule has 19 heavy (non-hydrogen) atoms. The van der Waals surface area contributed by atoms with Crippen molar-refractivity contribution < 1.29 is 9.90 Å². The van der Waals surface area contributed by atoms with Gasteiger partial charge in [0.1, 0.15) is 5.65 Å². The zero-order valence-corrected chi connectivity index (χ0v) is 10.7. The SMILES string of the molecule is O=C(O)c1c(NCc2ccsc2)nc2ccccn12. The van der Waals surface area contributed by atoms with E-state index in [1.165, 1.54) is 0 Å². The molecule has 3 aromatic heterocycles. The molecule has 5 nitrogen and oxygen atoms in total. The number of carboxylic acids is 1. The van der Waals surface area contributed by atoms with Crippen molar-refractivity contribution in [1.29, 1.82) is 0 Å². The van der Waals surface area contributed by atoms with Gasteiger partial charge in [0.05, 0.1) is 0 Å². The molecule has 0 spiro atoms. The van der Waals surface area contributed by atoms with Gasteiger partial charge in [0, 0.05) is 12.7 Å². The Hall–Kier alpha value is -2.34. The van der Waals surface area contributed by atoms with Gasteiger partial charge in [-0.2, -0.15) is 11.3 Å². The lowest BCUT2D eigenvalue weighted by molar-refractivity contribution is 0.0690. The van der Waals surface area contributed by atoms with Crippen molar-refractivity contribution in [1.82, 2.24) is 9.38 Å². The van der Waals surface area contributed by atoms with Gasteiger partial charge in [-0.1, -0.05) is 6.07 Å². The third-order valence-electron chi connectivity index (χ3n) is 2.77. The molecular weight excluding hydrogens is 262 g/mol. The number of thiophene rings is 1. The highest BCUT2D eigenvalue weighted by atomic mass is 32.1. The minimum absolute atomic E-state index is 0.158. The smallest absolute Gasteiger partial charge is 0.356 e. The molecule has 6 heteroatoms. The molecule has 0 amide bonds. The second-order valence-corrected chi connectivity index (χ2v) is 4.81. The monoisotopic (exact) mass is 273 g/mol. The number of rotatable bonds is 4. The molecule has 3 rings (SSSR count). The summed E-state index contributed by atoms with van der Waals surface area (Å²) < 4.78 is 1.57. The lowest BCUT2D eigenvalue weighted by Crippen LogP contribution is -2.07. The zero-order chi connectivity index (χ0) is 13.2. The summed E-state index contributed by atoms with van der Waals surface area (Å²) in [6.45, 7) is 0.563. The van der Waals surface area contributed by atoms with E-state index in [-0.39, 0.29) is 5.69 Å². The molecule has 0 bridgehead atoms. The van der Waals surface area contributed by atoms with Crippen LogP contribution in [0.25, 0.3) is 5.65 Å². The average molecular weight is 273 g/mol. The molecule has 0 aliphatic carbocycles. The molecule has 0 aromatic carbocycles. The van der Waals surface area contributed by atoms with E-state index >= 15 is 0 Å². The van der Waals surface area contributed by atoms with Crippen LogP contribution < -0.4 is 5.32 Å². The molecule has 0 aliphatic rings. The fourth-order valence-corrected chi connectivity index (χ4v) is 2.57. The molecule has 0 saturated heterocycles. The maximum atomic E-state index is 11.4. The lowest BCUT2D eigenvalue weighted by atomic mass is 10.3. The van der Waals surface area contributed by atoms with Crippen LogP contribution in [0.4, 0.5) is 5.82 Å². The number of aromatic carboxylic acids is 1. The third kappa shape index (κ3) is 2.17. The summed E-state index contributed by atoms with van der Waals surface area (Å²) in [5.74, 6) is -0.601. The topological polar surface area (TPSA) is 66.6 Å². The highest BCUT2D eigenvalue weighted by Crippen LogP contribution is 2.18. The maximum absolute atomic E-state index is 11.4. The average Bonchev–Trinajstić information content (AvgIpc) is 3.03. The first-order chi connectivity index (χ1) is 9.25. The van der Waals surface area contributed by atoms with E-state index in [0.717, 1.165) is 5.56 Å². The third-order valence-corrected chi connectivity index (χ3v) is 3.50. The van der Waals surface area contributed by atoms with Gasteiger partial charge in [-0.25, -0.2) is 9.78 Å².